The highest BCUT2D eigenvalue weighted by molar-refractivity contribution is 7.89. The zero-order valence-corrected chi connectivity index (χ0v) is 13.8. The summed E-state index contributed by atoms with van der Waals surface area (Å²) in [5, 5.41) is 0. The van der Waals surface area contributed by atoms with Gasteiger partial charge in [-0.2, -0.15) is 4.31 Å². The minimum atomic E-state index is -3.62. The third-order valence-electron chi connectivity index (χ3n) is 4.43. The summed E-state index contributed by atoms with van der Waals surface area (Å²) < 4.78 is 40.8. The molecule has 1 saturated heterocycles. The maximum atomic E-state index is 13.6. The SMILES string of the molecule is Cc1cc(F)c(N)c(C)c1S(=O)(=O)N1CCC(C(C)C)C1. The number of hydrogen-bond donors (Lipinski definition) is 1. The summed E-state index contributed by atoms with van der Waals surface area (Å²) in [6.07, 6.45) is 0.867. The minimum absolute atomic E-state index is 0.0845. The molecule has 0 spiro atoms. The first-order chi connectivity index (χ1) is 9.66. The minimum Gasteiger partial charge on any atom is -0.396 e. The van der Waals surface area contributed by atoms with Crippen LogP contribution < -0.4 is 5.73 Å². The van der Waals surface area contributed by atoms with Crippen molar-refractivity contribution in [1.29, 1.82) is 0 Å². The van der Waals surface area contributed by atoms with Crippen molar-refractivity contribution in [2.75, 3.05) is 18.8 Å². The zero-order valence-electron chi connectivity index (χ0n) is 13.0. The zero-order chi connectivity index (χ0) is 15.9. The van der Waals surface area contributed by atoms with Crippen LogP contribution in [0, 0.1) is 31.5 Å². The third kappa shape index (κ3) is 2.79. The van der Waals surface area contributed by atoms with Gasteiger partial charge in [-0.15, -0.1) is 0 Å². The van der Waals surface area contributed by atoms with Crippen molar-refractivity contribution in [3.05, 3.63) is 23.0 Å². The predicted molar refractivity (Wildman–Crippen MR) is 82.0 cm³/mol. The van der Waals surface area contributed by atoms with Crippen LogP contribution in [0.5, 0.6) is 0 Å². The van der Waals surface area contributed by atoms with Crippen LogP contribution in [0.3, 0.4) is 0 Å². The van der Waals surface area contributed by atoms with Gasteiger partial charge in [-0.05, 0) is 49.3 Å². The monoisotopic (exact) mass is 314 g/mol. The fourth-order valence-electron chi connectivity index (χ4n) is 2.97. The average molecular weight is 314 g/mol. The molecule has 1 aromatic rings. The van der Waals surface area contributed by atoms with Crippen molar-refractivity contribution in [3.8, 4) is 0 Å². The van der Waals surface area contributed by atoms with Gasteiger partial charge in [0.2, 0.25) is 10.0 Å². The molecule has 0 aliphatic carbocycles. The van der Waals surface area contributed by atoms with E-state index in [0.717, 1.165) is 6.42 Å². The Hall–Kier alpha value is -1.14. The van der Waals surface area contributed by atoms with Crippen LogP contribution in [-0.2, 0) is 10.0 Å². The lowest BCUT2D eigenvalue weighted by molar-refractivity contribution is 0.388. The van der Waals surface area contributed by atoms with E-state index in [-0.39, 0.29) is 10.6 Å². The number of aryl methyl sites for hydroxylation is 1. The molecule has 1 aliphatic heterocycles. The van der Waals surface area contributed by atoms with Crippen LogP contribution in [-0.4, -0.2) is 25.8 Å². The van der Waals surface area contributed by atoms with Gasteiger partial charge in [0.25, 0.3) is 0 Å². The Morgan fingerprint density at radius 1 is 1.38 bits per heavy atom. The second-order valence-corrected chi connectivity index (χ2v) is 8.07. The summed E-state index contributed by atoms with van der Waals surface area (Å²) in [4.78, 5) is 0.158. The van der Waals surface area contributed by atoms with Crippen LogP contribution in [0.2, 0.25) is 0 Å². The number of anilines is 1. The van der Waals surface area contributed by atoms with Gasteiger partial charge >= 0.3 is 0 Å². The molecule has 1 unspecified atom stereocenters. The maximum Gasteiger partial charge on any atom is 0.243 e. The molecule has 2 N–H and O–H groups in total. The number of nitrogens with two attached hydrogens (primary N) is 1. The lowest BCUT2D eigenvalue weighted by Crippen LogP contribution is -2.31. The Kier molecular flexibility index (Phi) is 4.31. The van der Waals surface area contributed by atoms with Gasteiger partial charge in [0, 0.05) is 13.1 Å². The van der Waals surface area contributed by atoms with E-state index in [1.165, 1.54) is 10.4 Å². The Labute approximate surface area is 126 Å². The molecule has 0 radical (unpaired) electrons. The van der Waals surface area contributed by atoms with Crippen molar-refractivity contribution in [1.82, 2.24) is 4.31 Å². The van der Waals surface area contributed by atoms with E-state index in [4.69, 9.17) is 5.73 Å². The Morgan fingerprint density at radius 3 is 2.52 bits per heavy atom. The second kappa shape index (κ2) is 5.57. The van der Waals surface area contributed by atoms with Crippen LogP contribution in [0.15, 0.2) is 11.0 Å². The standard InChI is InChI=1S/C15H23FN2O2S/c1-9(2)12-5-6-18(8-12)21(19,20)15-10(3)7-13(16)14(17)11(15)4/h7,9,12H,5-6,8,17H2,1-4H3. The second-order valence-electron chi connectivity index (χ2n) is 6.20. The first-order valence-corrected chi connectivity index (χ1v) is 8.65. The van der Waals surface area contributed by atoms with Gasteiger partial charge in [0.05, 0.1) is 10.6 Å². The van der Waals surface area contributed by atoms with Crippen LogP contribution in [0.1, 0.15) is 31.4 Å². The van der Waals surface area contributed by atoms with Crippen LogP contribution in [0.4, 0.5) is 10.1 Å². The lowest BCUT2D eigenvalue weighted by Gasteiger charge is -2.21. The van der Waals surface area contributed by atoms with E-state index in [0.29, 0.717) is 36.1 Å². The van der Waals surface area contributed by atoms with E-state index in [1.54, 1.807) is 13.8 Å². The number of hydrogen-bond acceptors (Lipinski definition) is 3. The molecule has 118 valence electrons. The number of rotatable bonds is 3. The molecule has 0 amide bonds. The molecule has 1 heterocycles. The van der Waals surface area contributed by atoms with Crippen molar-refractivity contribution >= 4 is 15.7 Å². The molecule has 0 aromatic heterocycles. The first kappa shape index (κ1) is 16.2. The van der Waals surface area contributed by atoms with Crippen LogP contribution >= 0.6 is 0 Å². The largest absolute Gasteiger partial charge is 0.396 e. The average Bonchev–Trinajstić information content (AvgIpc) is 2.86. The molecule has 1 aromatic carbocycles. The molecule has 6 heteroatoms. The highest BCUT2D eigenvalue weighted by Gasteiger charge is 2.35. The normalized spacial score (nSPS) is 20.4. The summed E-state index contributed by atoms with van der Waals surface area (Å²) in [7, 11) is -3.62. The molecular weight excluding hydrogens is 291 g/mol. The lowest BCUT2D eigenvalue weighted by atomic mass is 9.96. The smallest absolute Gasteiger partial charge is 0.243 e. The van der Waals surface area contributed by atoms with Gasteiger partial charge in [0.1, 0.15) is 5.82 Å². The highest BCUT2D eigenvalue weighted by Crippen LogP contribution is 2.33. The van der Waals surface area contributed by atoms with Gasteiger partial charge in [0.15, 0.2) is 0 Å². The number of halogens is 1. The fraction of sp³-hybridized carbons (Fsp3) is 0.600. The Morgan fingerprint density at radius 2 is 2.00 bits per heavy atom. The predicted octanol–water partition coefficient (Wildman–Crippen LogP) is 2.69. The number of benzene rings is 1. The van der Waals surface area contributed by atoms with E-state index in [2.05, 4.69) is 13.8 Å². The molecule has 4 nitrogen and oxygen atoms in total. The van der Waals surface area contributed by atoms with E-state index in [1.807, 2.05) is 0 Å². The number of nitrogen functional groups attached to an aromatic ring is 1. The Bertz CT molecular complexity index is 656. The van der Waals surface area contributed by atoms with Crippen molar-refractivity contribution in [2.45, 2.75) is 39.0 Å². The topological polar surface area (TPSA) is 63.4 Å². The molecular formula is C15H23FN2O2S. The summed E-state index contributed by atoms with van der Waals surface area (Å²) in [5.74, 6) is 0.259. The van der Waals surface area contributed by atoms with Crippen molar-refractivity contribution in [3.63, 3.8) is 0 Å². The quantitative estimate of drug-likeness (QED) is 0.873. The van der Waals surface area contributed by atoms with E-state index < -0.39 is 15.8 Å². The van der Waals surface area contributed by atoms with Crippen LogP contribution in [0.25, 0.3) is 0 Å². The summed E-state index contributed by atoms with van der Waals surface area (Å²) in [6.45, 7) is 8.42. The summed E-state index contributed by atoms with van der Waals surface area (Å²) in [5.41, 5.74) is 6.30. The third-order valence-corrected chi connectivity index (χ3v) is 6.59. The summed E-state index contributed by atoms with van der Waals surface area (Å²) >= 11 is 0. The van der Waals surface area contributed by atoms with Gasteiger partial charge < -0.3 is 5.73 Å². The van der Waals surface area contributed by atoms with Gasteiger partial charge in [-0.25, -0.2) is 12.8 Å². The molecule has 0 saturated carbocycles. The summed E-state index contributed by atoms with van der Waals surface area (Å²) in [6, 6.07) is 1.20. The fourth-order valence-corrected chi connectivity index (χ4v) is 4.93. The van der Waals surface area contributed by atoms with Crippen molar-refractivity contribution < 1.29 is 12.8 Å². The molecule has 21 heavy (non-hydrogen) atoms. The molecule has 1 atom stereocenters. The number of sulfonamides is 1. The molecule has 1 fully saturated rings. The van der Waals surface area contributed by atoms with Crippen molar-refractivity contribution in [2.24, 2.45) is 11.8 Å². The number of nitrogens with zero attached hydrogens (tertiary/aromatic N) is 1. The molecule has 0 bridgehead atoms. The first-order valence-electron chi connectivity index (χ1n) is 7.21. The van der Waals surface area contributed by atoms with E-state index >= 15 is 0 Å². The van der Waals surface area contributed by atoms with E-state index in [9.17, 15) is 12.8 Å². The molecule has 1 aliphatic rings. The molecule has 2 rings (SSSR count). The Balaban J connectivity index is 2.45. The van der Waals surface area contributed by atoms with Gasteiger partial charge in [-0.1, -0.05) is 13.8 Å². The van der Waals surface area contributed by atoms with Gasteiger partial charge in [-0.3, -0.25) is 0 Å². The maximum absolute atomic E-state index is 13.6. The highest BCUT2D eigenvalue weighted by atomic mass is 32.2.